The smallest absolute Gasteiger partial charge is 0.161 e. The number of rotatable bonds is 8. The van der Waals surface area contributed by atoms with Crippen molar-refractivity contribution in [1.29, 1.82) is 0 Å². The second kappa shape index (κ2) is 9.20. The average molecular weight is 386 g/mol. The first kappa shape index (κ1) is 20.3. The van der Waals surface area contributed by atoms with Crippen molar-refractivity contribution in [1.82, 2.24) is 4.90 Å². The van der Waals surface area contributed by atoms with Gasteiger partial charge in [0.25, 0.3) is 0 Å². The molecule has 0 fully saturated rings. The molecule has 0 amide bonds. The van der Waals surface area contributed by atoms with Crippen molar-refractivity contribution in [3.05, 3.63) is 47.0 Å². The van der Waals surface area contributed by atoms with Crippen molar-refractivity contribution in [2.24, 2.45) is 0 Å². The lowest BCUT2D eigenvalue weighted by Crippen LogP contribution is -2.37. The summed E-state index contributed by atoms with van der Waals surface area (Å²) in [5.74, 6) is 3.12. The van der Waals surface area contributed by atoms with E-state index in [0.29, 0.717) is 6.04 Å². The van der Waals surface area contributed by atoms with Gasteiger partial charge in [-0.2, -0.15) is 0 Å². The fraction of sp³-hybridized carbons (Fsp3) is 0.478. The number of methoxy groups -OCH3 is 4. The summed E-state index contributed by atoms with van der Waals surface area (Å²) in [5.41, 5.74) is 3.90. The second-order valence-corrected chi connectivity index (χ2v) is 7.10. The lowest BCUT2D eigenvalue weighted by atomic mass is 9.88. The molecule has 0 saturated heterocycles. The third-order valence-electron chi connectivity index (χ3n) is 5.50. The number of nitrogens with zero attached hydrogens (tertiary/aromatic N) is 1. The SMILES string of the molecule is CCCN1CCc2cc(OC)c(OC)cc2C1Cc1ccc(OC)c(OC)c1. The Kier molecular flexibility index (Phi) is 6.68. The predicted octanol–water partition coefficient (Wildman–Crippen LogP) is 4.27. The molecular weight excluding hydrogens is 354 g/mol. The third-order valence-corrected chi connectivity index (χ3v) is 5.50. The lowest BCUT2D eigenvalue weighted by Gasteiger charge is -2.38. The molecule has 0 spiro atoms. The van der Waals surface area contributed by atoms with E-state index in [1.807, 2.05) is 6.07 Å². The molecule has 0 radical (unpaired) electrons. The minimum Gasteiger partial charge on any atom is -0.493 e. The zero-order chi connectivity index (χ0) is 20.1. The van der Waals surface area contributed by atoms with Crippen LogP contribution in [-0.4, -0.2) is 46.4 Å². The Hall–Kier alpha value is -2.40. The molecule has 28 heavy (non-hydrogen) atoms. The summed E-state index contributed by atoms with van der Waals surface area (Å²) in [6.45, 7) is 4.36. The molecule has 1 unspecified atom stereocenters. The molecule has 0 N–H and O–H groups in total. The number of hydrogen-bond donors (Lipinski definition) is 0. The van der Waals surface area contributed by atoms with Crippen molar-refractivity contribution in [3.8, 4) is 23.0 Å². The number of ether oxygens (including phenoxy) is 4. The molecule has 3 rings (SSSR count). The van der Waals surface area contributed by atoms with E-state index >= 15 is 0 Å². The van der Waals surface area contributed by atoms with Gasteiger partial charge in [-0.1, -0.05) is 13.0 Å². The van der Waals surface area contributed by atoms with E-state index in [-0.39, 0.29) is 0 Å². The molecular formula is C23H31NO4. The van der Waals surface area contributed by atoms with Crippen LogP contribution >= 0.6 is 0 Å². The first-order valence-electron chi connectivity index (χ1n) is 9.84. The Morgan fingerprint density at radius 1 is 0.857 bits per heavy atom. The summed E-state index contributed by atoms with van der Waals surface area (Å²) < 4.78 is 22.0. The van der Waals surface area contributed by atoms with E-state index in [1.165, 1.54) is 16.7 Å². The molecule has 5 nitrogen and oxygen atoms in total. The molecule has 1 aliphatic rings. The molecule has 152 valence electrons. The van der Waals surface area contributed by atoms with Crippen molar-refractivity contribution >= 4 is 0 Å². The fourth-order valence-corrected chi connectivity index (χ4v) is 4.10. The Labute approximate surface area is 168 Å². The largest absolute Gasteiger partial charge is 0.493 e. The van der Waals surface area contributed by atoms with E-state index in [0.717, 1.165) is 55.4 Å². The van der Waals surface area contributed by atoms with E-state index in [4.69, 9.17) is 18.9 Å². The van der Waals surface area contributed by atoms with Crippen LogP contribution in [0.2, 0.25) is 0 Å². The molecule has 0 bridgehead atoms. The Bertz CT molecular complexity index is 805. The summed E-state index contributed by atoms with van der Waals surface area (Å²) in [7, 11) is 6.73. The van der Waals surface area contributed by atoms with Crippen molar-refractivity contribution in [2.75, 3.05) is 41.5 Å². The van der Waals surface area contributed by atoms with Crippen LogP contribution in [0.25, 0.3) is 0 Å². The van der Waals surface area contributed by atoms with E-state index in [1.54, 1.807) is 28.4 Å². The summed E-state index contributed by atoms with van der Waals surface area (Å²) in [4.78, 5) is 2.57. The van der Waals surface area contributed by atoms with Gasteiger partial charge in [-0.25, -0.2) is 0 Å². The maximum absolute atomic E-state index is 5.58. The van der Waals surface area contributed by atoms with Crippen molar-refractivity contribution < 1.29 is 18.9 Å². The highest BCUT2D eigenvalue weighted by Gasteiger charge is 2.29. The molecule has 0 saturated carbocycles. The van der Waals surface area contributed by atoms with Gasteiger partial charge in [0, 0.05) is 12.6 Å². The van der Waals surface area contributed by atoms with Crippen LogP contribution in [0.4, 0.5) is 0 Å². The predicted molar refractivity (Wildman–Crippen MR) is 111 cm³/mol. The Morgan fingerprint density at radius 2 is 1.50 bits per heavy atom. The molecule has 0 aliphatic carbocycles. The van der Waals surface area contributed by atoms with Gasteiger partial charge in [-0.3, -0.25) is 4.90 Å². The topological polar surface area (TPSA) is 40.2 Å². The van der Waals surface area contributed by atoms with Gasteiger partial charge in [-0.05, 0) is 66.8 Å². The second-order valence-electron chi connectivity index (χ2n) is 7.10. The molecule has 2 aromatic carbocycles. The normalized spacial score (nSPS) is 16.4. The van der Waals surface area contributed by atoms with Crippen LogP contribution in [-0.2, 0) is 12.8 Å². The third kappa shape index (κ3) is 4.04. The van der Waals surface area contributed by atoms with E-state index in [2.05, 4.69) is 36.1 Å². The Balaban J connectivity index is 1.99. The van der Waals surface area contributed by atoms with Gasteiger partial charge in [0.05, 0.1) is 28.4 Å². The average Bonchev–Trinajstić information content (AvgIpc) is 2.74. The zero-order valence-corrected chi connectivity index (χ0v) is 17.6. The minimum atomic E-state index is 0.293. The van der Waals surface area contributed by atoms with E-state index in [9.17, 15) is 0 Å². The maximum atomic E-state index is 5.58. The summed E-state index contributed by atoms with van der Waals surface area (Å²) in [6.07, 6.45) is 3.06. The van der Waals surface area contributed by atoms with Crippen LogP contribution < -0.4 is 18.9 Å². The highest BCUT2D eigenvalue weighted by atomic mass is 16.5. The van der Waals surface area contributed by atoms with Crippen LogP contribution in [0.3, 0.4) is 0 Å². The summed E-state index contributed by atoms with van der Waals surface area (Å²) in [6, 6.07) is 10.8. The van der Waals surface area contributed by atoms with Gasteiger partial charge in [-0.15, -0.1) is 0 Å². The number of benzene rings is 2. The molecule has 1 atom stereocenters. The highest BCUT2D eigenvalue weighted by Crippen LogP contribution is 2.40. The van der Waals surface area contributed by atoms with Gasteiger partial charge in [0.1, 0.15) is 0 Å². The molecule has 2 aromatic rings. The number of fused-ring (bicyclic) bond motifs is 1. The maximum Gasteiger partial charge on any atom is 0.161 e. The fourth-order valence-electron chi connectivity index (χ4n) is 4.10. The Morgan fingerprint density at radius 3 is 2.14 bits per heavy atom. The molecule has 0 aromatic heterocycles. The van der Waals surface area contributed by atoms with Gasteiger partial charge >= 0.3 is 0 Å². The standard InChI is InChI=1S/C23H31NO4/c1-6-10-24-11-9-17-14-22(27-4)23(28-5)15-18(17)19(24)12-16-7-8-20(25-2)21(13-16)26-3/h7-8,13-15,19H,6,9-12H2,1-5H3. The minimum absolute atomic E-state index is 0.293. The van der Waals surface area contributed by atoms with Crippen LogP contribution in [0.1, 0.15) is 36.1 Å². The van der Waals surface area contributed by atoms with Gasteiger partial charge in [0.15, 0.2) is 23.0 Å². The van der Waals surface area contributed by atoms with Crippen LogP contribution in [0.5, 0.6) is 23.0 Å². The molecule has 1 heterocycles. The first-order chi connectivity index (χ1) is 13.6. The van der Waals surface area contributed by atoms with Crippen molar-refractivity contribution in [3.63, 3.8) is 0 Å². The first-order valence-corrected chi connectivity index (χ1v) is 9.84. The zero-order valence-electron chi connectivity index (χ0n) is 17.6. The summed E-state index contributed by atoms with van der Waals surface area (Å²) in [5, 5.41) is 0. The molecule has 5 heteroatoms. The van der Waals surface area contributed by atoms with E-state index < -0.39 is 0 Å². The highest BCUT2D eigenvalue weighted by molar-refractivity contribution is 5.50. The van der Waals surface area contributed by atoms with Gasteiger partial charge < -0.3 is 18.9 Å². The van der Waals surface area contributed by atoms with Crippen molar-refractivity contribution in [2.45, 2.75) is 32.2 Å². The quantitative estimate of drug-likeness (QED) is 0.679. The van der Waals surface area contributed by atoms with Crippen LogP contribution in [0.15, 0.2) is 30.3 Å². The summed E-state index contributed by atoms with van der Waals surface area (Å²) >= 11 is 0. The van der Waals surface area contributed by atoms with Gasteiger partial charge in [0.2, 0.25) is 0 Å². The molecule has 1 aliphatic heterocycles. The number of hydrogen-bond acceptors (Lipinski definition) is 5. The lowest BCUT2D eigenvalue weighted by molar-refractivity contribution is 0.183. The monoisotopic (exact) mass is 385 g/mol. The van der Waals surface area contributed by atoms with Crippen LogP contribution in [0, 0.1) is 0 Å².